The number of carbonyl (C=O) groups is 1. The average molecular weight is 517 g/mol. The van der Waals surface area contributed by atoms with E-state index in [1.807, 2.05) is 54.3 Å². The predicted octanol–water partition coefficient (Wildman–Crippen LogP) is 6.93. The van der Waals surface area contributed by atoms with Gasteiger partial charge in [-0.2, -0.15) is 0 Å². The van der Waals surface area contributed by atoms with Crippen molar-refractivity contribution in [3.8, 4) is 5.00 Å². The summed E-state index contributed by atoms with van der Waals surface area (Å²) in [7, 11) is 2.17. The van der Waals surface area contributed by atoms with Gasteiger partial charge in [0, 0.05) is 40.4 Å². The summed E-state index contributed by atoms with van der Waals surface area (Å²) >= 11 is 8.31. The maximum absolute atomic E-state index is 14.1. The molecule has 2 aromatic carbocycles. The van der Waals surface area contributed by atoms with Crippen molar-refractivity contribution in [2.45, 2.75) is 39.4 Å². The molecule has 4 heterocycles. The van der Waals surface area contributed by atoms with E-state index >= 15 is 0 Å². The Morgan fingerprint density at radius 1 is 1.06 bits per heavy atom. The van der Waals surface area contributed by atoms with Gasteiger partial charge in [0.25, 0.3) is 0 Å². The van der Waals surface area contributed by atoms with Crippen molar-refractivity contribution in [2.75, 3.05) is 18.9 Å². The lowest BCUT2D eigenvalue weighted by atomic mass is 10.0. The third kappa shape index (κ3) is 4.03. The van der Waals surface area contributed by atoms with Gasteiger partial charge in [-0.3, -0.25) is 0 Å². The smallest absolute Gasteiger partial charge is 0.310 e. The molecule has 0 spiro atoms. The minimum Gasteiger partial charge on any atom is -0.310 e. The van der Waals surface area contributed by atoms with Crippen LogP contribution in [0, 0.1) is 13.8 Å². The summed E-state index contributed by atoms with van der Waals surface area (Å²) in [5.74, 6) is 0. The van der Waals surface area contributed by atoms with E-state index in [0.29, 0.717) is 11.6 Å². The molecular weight excluding hydrogens is 488 g/mol. The van der Waals surface area contributed by atoms with E-state index in [2.05, 4.69) is 58.4 Å². The van der Waals surface area contributed by atoms with Crippen LogP contribution in [0.4, 0.5) is 10.5 Å². The predicted molar refractivity (Wildman–Crippen MR) is 147 cm³/mol. The van der Waals surface area contributed by atoms with E-state index in [1.54, 1.807) is 0 Å². The Labute approximate surface area is 220 Å². The van der Waals surface area contributed by atoms with Crippen molar-refractivity contribution in [1.29, 1.82) is 0 Å². The number of urea groups is 1. The van der Waals surface area contributed by atoms with Crippen LogP contribution >= 0.6 is 22.9 Å². The first kappa shape index (κ1) is 23.3. The van der Waals surface area contributed by atoms with Crippen molar-refractivity contribution in [1.82, 2.24) is 14.4 Å². The summed E-state index contributed by atoms with van der Waals surface area (Å²) in [6.07, 6.45) is 3.13. The molecule has 0 fully saturated rings. The number of fused-ring (bicyclic) bond motifs is 5. The van der Waals surface area contributed by atoms with E-state index in [1.165, 1.54) is 21.0 Å². The lowest BCUT2D eigenvalue weighted by Gasteiger charge is -2.32. The first-order valence-electron chi connectivity index (χ1n) is 12.3. The Hall–Kier alpha value is -3.06. The Morgan fingerprint density at radius 3 is 2.75 bits per heavy atom. The molecule has 1 N–H and O–H groups in total. The van der Waals surface area contributed by atoms with E-state index in [9.17, 15) is 4.79 Å². The Bertz CT molecular complexity index is 1470. The zero-order valence-corrected chi connectivity index (χ0v) is 22.3. The van der Waals surface area contributed by atoms with Crippen LogP contribution in [0.1, 0.15) is 44.4 Å². The molecule has 5 nitrogen and oxygen atoms in total. The monoisotopic (exact) mass is 516 g/mol. The number of nitrogens with one attached hydrogen (secondary N) is 1. The molecule has 0 saturated carbocycles. The molecule has 184 valence electrons. The highest BCUT2D eigenvalue weighted by atomic mass is 35.5. The van der Waals surface area contributed by atoms with Crippen molar-refractivity contribution < 1.29 is 4.79 Å². The summed E-state index contributed by atoms with van der Waals surface area (Å²) in [4.78, 5) is 19.9. The molecule has 1 atom stereocenters. The molecular formula is C29H29ClN4OS. The van der Waals surface area contributed by atoms with Gasteiger partial charge in [0.1, 0.15) is 5.00 Å². The third-order valence-electron chi connectivity index (χ3n) is 7.32. The molecule has 0 aliphatic carbocycles. The van der Waals surface area contributed by atoms with Gasteiger partial charge in [-0.05, 0) is 79.9 Å². The zero-order valence-electron chi connectivity index (χ0n) is 20.7. The second-order valence-corrected chi connectivity index (χ2v) is 11.4. The molecule has 7 heteroatoms. The minimum atomic E-state index is -0.273. The summed E-state index contributed by atoms with van der Waals surface area (Å²) in [6.45, 7) is 6.60. The molecule has 0 saturated heterocycles. The quantitative estimate of drug-likeness (QED) is 0.313. The molecule has 2 amide bonds. The average Bonchev–Trinajstić information content (AvgIpc) is 3.42. The fraction of sp³-hybridized carbons (Fsp3) is 0.276. The van der Waals surface area contributed by atoms with Crippen molar-refractivity contribution >= 4 is 34.7 Å². The van der Waals surface area contributed by atoms with Gasteiger partial charge in [-0.25, -0.2) is 4.79 Å². The summed E-state index contributed by atoms with van der Waals surface area (Å²) in [5, 5.41) is 5.13. The molecule has 2 aliphatic rings. The van der Waals surface area contributed by atoms with Crippen molar-refractivity contribution in [2.24, 2.45) is 0 Å². The van der Waals surface area contributed by atoms with Crippen LogP contribution in [0.3, 0.4) is 0 Å². The van der Waals surface area contributed by atoms with Gasteiger partial charge in [0.05, 0.1) is 18.3 Å². The second-order valence-electron chi connectivity index (χ2n) is 9.91. The zero-order chi connectivity index (χ0) is 25.0. The topological polar surface area (TPSA) is 40.5 Å². The van der Waals surface area contributed by atoms with Crippen molar-refractivity contribution in [3.05, 3.63) is 104 Å². The number of hydrogen-bond acceptors (Lipinski definition) is 3. The fourth-order valence-electron chi connectivity index (χ4n) is 5.44. The molecule has 0 unspecified atom stereocenters. The first-order valence-corrected chi connectivity index (χ1v) is 13.5. The first-order chi connectivity index (χ1) is 17.4. The number of thiophene rings is 1. The van der Waals surface area contributed by atoms with E-state index in [-0.39, 0.29) is 12.1 Å². The maximum atomic E-state index is 14.1. The molecule has 2 aliphatic heterocycles. The third-order valence-corrected chi connectivity index (χ3v) is 8.81. The summed E-state index contributed by atoms with van der Waals surface area (Å²) in [6, 6.07) is 17.9. The van der Waals surface area contributed by atoms with Gasteiger partial charge in [0.2, 0.25) is 0 Å². The summed E-state index contributed by atoms with van der Waals surface area (Å²) in [5.41, 5.74) is 7.75. The van der Waals surface area contributed by atoms with E-state index < -0.39 is 0 Å². The number of rotatable bonds is 2. The van der Waals surface area contributed by atoms with Crippen molar-refractivity contribution in [3.63, 3.8) is 0 Å². The Kier molecular flexibility index (Phi) is 5.91. The normalized spacial score (nSPS) is 17.2. The maximum Gasteiger partial charge on any atom is 0.322 e. The Balaban J connectivity index is 1.51. The van der Waals surface area contributed by atoms with Gasteiger partial charge >= 0.3 is 6.03 Å². The van der Waals surface area contributed by atoms with Gasteiger partial charge < -0.3 is 19.7 Å². The van der Waals surface area contributed by atoms with Gasteiger partial charge in [0.15, 0.2) is 0 Å². The lowest BCUT2D eigenvalue weighted by Crippen LogP contribution is -2.38. The number of nitrogens with zero attached hydrogens (tertiary/aromatic N) is 3. The molecule has 36 heavy (non-hydrogen) atoms. The number of aryl methyl sites for hydroxylation is 2. The van der Waals surface area contributed by atoms with Gasteiger partial charge in [-0.1, -0.05) is 35.9 Å². The number of benzene rings is 2. The highest BCUT2D eigenvalue weighted by Crippen LogP contribution is 2.43. The lowest BCUT2D eigenvalue weighted by molar-refractivity contribution is 0.194. The molecule has 4 aromatic rings. The Morgan fingerprint density at radius 2 is 1.92 bits per heavy atom. The molecule has 0 bridgehead atoms. The molecule has 6 rings (SSSR count). The number of carbonyl (C=O) groups excluding carboxylic acids is 1. The number of anilines is 1. The van der Waals surface area contributed by atoms with Crippen LogP contribution < -0.4 is 5.32 Å². The van der Waals surface area contributed by atoms with Crippen LogP contribution in [-0.2, 0) is 19.5 Å². The van der Waals surface area contributed by atoms with E-state index in [4.69, 9.17) is 11.6 Å². The molecule has 2 aromatic heterocycles. The highest BCUT2D eigenvalue weighted by Gasteiger charge is 2.36. The van der Waals surface area contributed by atoms with Crippen LogP contribution in [0.2, 0.25) is 5.02 Å². The number of likely N-dealkylation sites (N-methyl/N-ethyl adjacent to an activating group) is 1. The SMILES string of the molecule is Cc1ccc(C)c(NC(=O)N2Cc3c(sc4c3CCN(C)C4)-n3cccc3[C@@H]2c2cccc(Cl)c2)c1. The summed E-state index contributed by atoms with van der Waals surface area (Å²) < 4.78 is 2.29. The number of hydrogen-bond donors (Lipinski definition) is 1. The second kappa shape index (κ2) is 9.11. The van der Waals surface area contributed by atoms with Crippen LogP contribution in [0.25, 0.3) is 5.00 Å². The number of amides is 2. The van der Waals surface area contributed by atoms with Crippen LogP contribution in [0.5, 0.6) is 0 Å². The molecule has 0 radical (unpaired) electrons. The van der Waals surface area contributed by atoms with E-state index in [0.717, 1.165) is 47.6 Å². The van der Waals surface area contributed by atoms with Crippen LogP contribution in [-0.4, -0.2) is 34.0 Å². The standard InChI is InChI=1S/C29H29ClN4OS/c1-18-9-10-19(2)24(14-18)31-29(35)34-16-23-22-11-13-32(3)17-26(22)36-28(23)33-12-5-8-25(33)27(34)20-6-4-7-21(30)15-20/h4-10,12,14-15,27H,11,13,16-17H2,1-3H3,(H,31,35)/t27-/m0/s1. The fourth-order valence-corrected chi connectivity index (χ4v) is 7.08. The number of halogens is 1. The number of aromatic nitrogens is 1. The highest BCUT2D eigenvalue weighted by molar-refractivity contribution is 7.15. The largest absolute Gasteiger partial charge is 0.322 e. The van der Waals surface area contributed by atoms with Crippen LogP contribution in [0.15, 0.2) is 60.8 Å². The minimum absolute atomic E-state index is 0.109. The van der Waals surface area contributed by atoms with Gasteiger partial charge in [-0.15, -0.1) is 11.3 Å².